The second-order valence-corrected chi connectivity index (χ2v) is 6.16. The van der Waals surface area contributed by atoms with Crippen LogP contribution in [-0.2, 0) is 0 Å². The number of aliphatic hydroxyl groups is 1. The van der Waals surface area contributed by atoms with Crippen molar-refractivity contribution in [1.82, 2.24) is 5.32 Å². The van der Waals surface area contributed by atoms with E-state index in [0.29, 0.717) is 6.54 Å². The van der Waals surface area contributed by atoms with Crippen molar-refractivity contribution in [3.05, 3.63) is 83.4 Å². The molecule has 0 aliphatic rings. The monoisotopic (exact) mass is 305 g/mol. The average Bonchev–Trinajstić information content (AvgIpc) is 2.59. The van der Waals surface area contributed by atoms with Crippen LogP contribution in [0.3, 0.4) is 0 Å². The molecule has 23 heavy (non-hydrogen) atoms. The number of fused-ring (bicyclic) bond motifs is 1. The second-order valence-electron chi connectivity index (χ2n) is 6.16. The summed E-state index contributed by atoms with van der Waals surface area (Å²) in [6, 6.07) is 23.1. The van der Waals surface area contributed by atoms with E-state index in [9.17, 15) is 5.11 Å². The SMILES string of the molecule is Cc1ccc([C@H](O)CN[C@H](C)c2ccc3ccccc3c2)cc1. The Kier molecular flexibility index (Phi) is 4.75. The van der Waals surface area contributed by atoms with E-state index in [1.807, 2.05) is 24.3 Å². The molecule has 0 aliphatic carbocycles. The average molecular weight is 305 g/mol. The molecule has 0 fully saturated rings. The lowest BCUT2D eigenvalue weighted by Crippen LogP contribution is -2.24. The second kappa shape index (κ2) is 6.95. The van der Waals surface area contributed by atoms with Gasteiger partial charge < -0.3 is 10.4 Å². The molecule has 3 rings (SSSR count). The highest BCUT2D eigenvalue weighted by molar-refractivity contribution is 5.83. The number of benzene rings is 3. The predicted octanol–water partition coefficient (Wildman–Crippen LogP) is 4.53. The number of aliphatic hydroxyl groups excluding tert-OH is 1. The Morgan fingerprint density at radius 3 is 2.26 bits per heavy atom. The summed E-state index contributed by atoms with van der Waals surface area (Å²) < 4.78 is 0. The van der Waals surface area contributed by atoms with Crippen molar-refractivity contribution in [2.45, 2.75) is 26.0 Å². The first-order valence-corrected chi connectivity index (χ1v) is 8.10. The van der Waals surface area contributed by atoms with E-state index < -0.39 is 6.10 Å². The minimum absolute atomic E-state index is 0.194. The lowest BCUT2D eigenvalue weighted by molar-refractivity contribution is 0.171. The van der Waals surface area contributed by atoms with Gasteiger partial charge in [0.1, 0.15) is 0 Å². The van der Waals surface area contributed by atoms with Gasteiger partial charge in [-0.15, -0.1) is 0 Å². The van der Waals surface area contributed by atoms with E-state index in [1.54, 1.807) is 0 Å². The van der Waals surface area contributed by atoms with Crippen molar-refractivity contribution in [2.75, 3.05) is 6.54 Å². The van der Waals surface area contributed by atoms with E-state index in [4.69, 9.17) is 0 Å². The van der Waals surface area contributed by atoms with Crippen LogP contribution in [0.15, 0.2) is 66.7 Å². The molecule has 0 aliphatic heterocycles. The summed E-state index contributed by atoms with van der Waals surface area (Å²) in [5.74, 6) is 0. The minimum Gasteiger partial charge on any atom is -0.387 e. The van der Waals surface area contributed by atoms with Crippen molar-refractivity contribution in [3.8, 4) is 0 Å². The maximum atomic E-state index is 10.3. The summed E-state index contributed by atoms with van der Waals surface area (Å²) in [6.45, 7) is 4.72. The molecule has 118 valence electrons. The predicted molar refractivity (Wildman–Crippen MR) is 96.5 cm³/mol. The maximum absolute atomic E-state index is 10.3. The number of rotatable bonds is 5. The molecule has 2 heteroatoms. The zero-order chi connectivity index (χ0) is 16.2. The fourth-order valence-electron chi connectivity index (χ4n) is 2.79. The van der Waals surface area contributed by atoms with Crippen LogP contribution in [0.1, 0.15) is 35.8 Å². The molecule has 0 amide bonds. The maximum Gasteiger partial charge on any atom is 0.0914 e. The van der Waals surface area contributed by atoms with E-state index in [0.717, 1.165) is 5.56 Å². The highest BCUT2D eigenvalue weighted by atomic mass is 16.3. The molecule has 0 saturated carbocycles. The lowest BCUT2D eigenvalue weighted by Gasteiger charge is -2.18. The summed E-state index contributed by atoms with van der Waals surface area (Å²) in [4.78, 5) is 0. The molecule has 2 N–H and O–H groups in total. The minimum atomic E-state index is -0.487. The lowest BCUT2D eigenvalue weighted by atomic mass is 10.0. The molecule has 0 bridgehead atoms. The van der Waals surface area contributed by atoms with Gasteiger partial charge in [-0.25, -0.2) is 0 Å². The summed E-state index contributed by atoms with van der Waals surface area (Å²) in [6.07, 6.45) is -0.487. The van der Waals surface area contributed by atoms with Crippen molar-refractivity contribution >= 4 is 10.8 Å². The van der Waals surface area contributed by atoms with Crippen LogP contribution in [-0.4, -0.2) is 11.7 Å². The molecule has 0 radical (unpaired) electrons. The molecule has 0 aromatic heterocycles. The third-order valence-electron chi connectivity index (χ3n) is 4.35. The summed E-state index contributed by atoms with van der Waals surface area (Å²) in [7, 11) is 0. The van der Waals surface area contributed by atoms with E-state index >= 15 is 0 Å². The van der Waals surface area contributed by atoms with E-state index in [-0.39, 0.29) is 6.04 Å². The molecular weight excluding hydrogens is 282 g/mol. The van der Waals surface area contributed by atoms with Crippen molar-refractivity contribution in [2.24, 2.45) is 0 Å². The number of hydrogen-bond acceptors (Lipinski definition) is 2. The molecule has 0 spiro atoms. The first kappa shape index (κ1) is 15.7. The molecule has 2 atom stereocenters. The van der Waals surface area contributed by atoms with Crippen LogP contribution in [0.4, 0.5) is 0 Å². The van der Waals surface area contributed by atoms with E-state index in [1.165, 1.54) is 21.9 Å². The first-order chi connectivity index (χ1) is 11.1. The Morgan fingerprint density at radius 1 is 0.870 bits per heavy atom. The standard InChI is InChI=1S/C21H23NO/c1-15-7-9-18(10-8-15)21(23)14-22-16(2)19-12-11-17-5-3-4-6-20(17)13-19/h3-13,16,21-23H,14H2,1-2H3/t16-,21-/m1/s1. The third-order valence-corrected chi connectivity index (χ3v) is 4.35. The van der Waals surface area contributed by atoms with Crippen LogP contribution < -0.4 is 5.32 Å². The van der Waals surface area contributed by atoms with Crippen molar-refractivity contribution < 1.29 is 5.11 Å². The summed E-state index contributed by atoms with van der Waals surface area (Å²) in [5, 5.41) is 16.2. The Balaban J connectivity index is 1.65. The van der Waals surface area contributed by atoms with Gasteiger partial charge in [0.15, 0.2) is 0 Å². The Hall–Kier alpha value is -2.16. The largest absolute Gasteiger partial charge is 0.387 e. The zero-order valence-corrected chi connectivity index (χ0v) is 13.7. The number of aryl methyl sites for hydroxylation is 1. The molecule has 0 saturated heterocycles. The summed E-state index contributed by atoms with van der Waals surface area (Å²) in [5.41, 5.74) is 3.40. The van der Waals surface area contributed by atoms with Gasteiger partial charge in [-0.05, 0) is 41.8 Å². The molecule has 0 unspecified atom stereocenters. The smallest absolute Gasteiger partial charge is 0.0914 e. The molecule has 3 aromatic rings. The van der Waals surface area contributed by atoms with Gasteiger partial charge in [0.05, 0.1) is 6.10 Å². The van der Waals surface area contributed by atoms with Gasteiger partial charge in [0.25, 0.3) is 0 Å². The van der Waals surface area contributed by atoms with Crippen LogP contribution >= 0.6 is 0 Å². The normalized spacial score (nSPS) is 13.9. The highest BCUT2D eigenvalue weighted by Crippen LogP contribution is 2.21. The highest BCUT2D eigenvalue weighted by Gasteiger charge is 2.11. The fraction of sp³-hybridized carbons (Fsp3) is 0.238. The molecule has 0 heterocycles. The zero-order valence-electron chi connectivity index (χ0n) is 13.7. The van der Waals surface area contributed by atoms with Gasteiger partial charge in [0.2, 0.25) is 0 Å². The molecule has 2 nitrogen and oxygen atoms in total. The number of hydrogen-bond donors (Lipinski definition) is 2. The molecule has 3 aromatic carbocycles. The fourth-order valence-corrected chi connectivity index (χ4v) is 2.79. The quantitative estimate of drug-likeness (QED) is 0.725. The van der Waals surface area contributed by atoms with Gasteiger partial charge in [0, 0.05) is 12.6 Å². The van der Waals surface area contributed by atoms with Crippen LogP contribution in [0.2, 0.25) is 0 Å². The van der Waals surface area contributed by atoms with Crippen molar-refractivity contribution in [1.29, 1.82) is 0 Å². The van der Waals surface area contributed by atoms with Crippen LogP contribution in [0.25, 0.3) is 10.8 Å². The van der Waals surface area contributed by atoms with Gasteiger partial charge in [-0.2, -0.15) is 0 Å². The van der Waals surface area contributed by atoms with Gasteiger partial charge >= 0.3 is 0 Å². The third kappa shape index (κ3) is 3.79. The van der Waals surface area contributed by atoms with Crippen LogP contribution in [0, 0.1) is 6.92 Å². The van der Waals surface area contributed by atoms with E-state index in [2.05, 4.69) is 61.6 Å². The van der Waals surface area contributed by atoms with Crippen molar-refractivity contribution in [3.63, 3.8) is 0 Å². The number of nitrogens with one attached hydrogen (secondary N) is 1. The Bertz CT molecular complexity index is 779. The summed E-state index contributed by atoms with van der Waals surface area (Å²) >= 11 is 0. The Morgan fingerprint density at radius 2 is 1.52 bits per heavy atom. The molecular formula is C21H23NO. The van der Waals surface area contributed by atoms with Gasteiger partial charge in [-0.3, -0.25) is 0 Å². The van der Waals surface area contributed by atoms with Gasteiger partial charge in [-0.1, -0.05) is 66.2 Å². The first-order valence-electron chi connectivity index (χ1n) is 8.10. The topological polar surface area (TPSA) is 32.3 Å². The Labute approximate surface area is 137 Å². The van der Waals surface area contributed by atoms with Crippen LogP contribution in [0.5, 0.6) is 0 Å².